The maximum absolute atomic E-state index is 13.3. The van der Waals surface area contributed by atoms with Crippen molar-refractivity contribution in [1.82, 2.24) is 5.32 Å². The normalized spacial score (nSPS) is 19.9. The number of hydrogen-bond acceptors (Lipinski definition) is 3. The minimum atomic E-state index is -0.442. The maximum Gasteiger partial charge on any atom is 0.243 e. The minimum absolute atomic E-state index is 0.00503. The highest BCUT2D eigenvalue weighted by Crippen LogP contribution is 2.39. The van der Waals surface area contributed by atoms with Crippen molar-refractivity contribution in [3.63, 3.8) is 0 Å². The molecular weight excluding hydrogens is 380 g/mol. The van der Waals surface area contributed by atoms with Gasteiger partial charge in [-0.15, -0.1) is 11.8 Å². The molecule has 5 heteroatoms. The van der Waals surface area contributed by atoms with Crippen molar-refractivity contribution in [2.24, 2.45) is 0 Å². The minimum Gasteiger partial charge on any atom is -0.352 e. The molecule has 1 saturated carbocycles. The van der Waals surface area contributed by atoms with Crippen LogP contribution < -0.4 is 10.2 Å². The summed E-state index contributed by atoms with van der Waals surface area (Å²) in [6.45, 7) is 8.53. The monoisotopic (exact) mass is 416 g/mol. The zero-order chi connectivity index (χ0) is 21.0. The number of amides is 2. The molecular formula is C24H36N2O2S. The molecule has 0 aromatic heterocycles. The summed E-state index contributed by atoms with van der Waals surface area (Å²) in [6.07, 6.45) is 8.91. The average Bonchev–Trinajstić information content (AvgIpc) is 2.65. The van der Waals surface area contributed by atoms with E-state index < -0.39 is 6.04 Å². The molecule has 29 heavy (non-hydrogen) atoms. The highest BCUT2D eigenvalue weighted by Gasteiger charge is 2.35. The van der Waals surface area contributed by atoms with Crippen LogP contribution in [0.15, 0.2) is 23.1 Å². The Morgan fingerprint density at radius 2 is 1.83 bits per heavy atom. The van der Waals surface area contributed by atoms with Crippen molar-refractivity contribution in [2.75, 3.05) is 10.7 Å². The Hall–Kier alpha value is -1.49. The predicted molar refractivity (Wildman–Crippen MR) is 122 cm³/mol. The van der Waals surface area contributed by atoms with Gasteiger partial charge in [-0.2, -0.15) is 0 Å². The smallest absolute Gasteiger partial charge is 0.243 e. The van der Waals surface area contributed by atoms with Crippen LogP contribution in [0.5, 0.6) is 0 Å². The summed E-state index contributed by atoms with van der Waals surface area (Å²) in [5, 5.41) is 3.29. The highest BCUT2D eigenvalue weighted by atomic mass is 32.2. The van der Waals surface area contributed by atoms with E-state index in [-0.39, 0.29) is 23.3 Å². The highest BCUT2D eigenvalue weighted by molar-refractivity contribution is 8.00. The van der Waals surface area contributed by atoms with Crippen LogP contribution in [0.2, 0.25) is 0 Å². The molecule has 1 N–H and O–H groups in total. The van der Waals surface area contributed by atoms with Crippen LogP contribution in [0.1, 0.15) is 84.6 Å². The molecule has 0 spiro atoms. The number of hydrogen-bond donors (Lipinski definition) is 1. The van der Waals surface area contributed by atoms with E-state index >= 15 is 0 Å². The predicted octanol–water partition coefficient (Wildman–Crippen LogP) is 5.43. The fourth-order valence-corrected chi connectivity index (χ4v) is 5.25. The third-order valence-electron chi connectivity index (χ3n) is 6.16. The van der Waals surface area contributed by atoms with Crippen LogP contribution in [0.3, 0.4) is 0 Å². The van der Waals surface area contributed by atoms with Gasteiger partial charge in [0.05, 0.1) is 11.4 Å². The van der Waals surface area contributed by atoms with Gasteiger partial charge in [0.2, 0.25) is 11.8 Å². The van der Waals surface area contributed by atoms with Crippen molar-refractivity contribution in [3.8, 4) is 0 Å². The molecule has 1 aliphatic heterocycles. The molecule has 4 nitrogen and oxygen atoms in total. The molecule has 1 aromatic rings. The van der Waals surface area contributed by atoms with E-state index in [9.17, 15) is 9.59 Å². The van der Waals surface area contributed by atoms with Crippen molar-refractivity contribution < 1.29 is 9.59 Å². The zero-order valence-electron chi connectivity index (χ0n) is 18.4. The molecule has 1 heterocycles. The lowest BCUT2D eigenvalue weighted by atomic mass is 9.86. The van der Waals surface area contributed by atoms with Gasteiger partial charge in [-0.05, 0) is 42.4 Å². The first kappa shape index (κ1) is 22.2. The summed E-state index contributed by atoms with van der Waals surface area (Å²) in [6, 6.07) is 6.18. The van der Waals surface area contributed by atoms with E-state index in [2.05, 4.69) is 44.3 Å². The molecule has 0 saturated heterocycles. The van der Waals surface area contributed by atoms with E-state index in [4.69, 9.17) is 0 Å². The van der Waals surface area contributed by atoms with E-state index in [1.165, 1.54) is 37.7 Å². The van der Waals surface area contributed by atoms with Gasteiger partial charge in [-0.1, -0.05) is 65.9 Å². The Morgan fingerprint density at radius 1 is 1.17 bits per heavy atom. The van der Waals surface area contributed by atoms with Crippen molar-refractivity contribution in [3.05, 3.63) is 23.8 Å². The summed E-state index contributed by atoms with van der Waals surface area (Å²) in [5.41, 5.74) is 2.08. The first-order valence-corrected chi connectivity index (χ1v) is 12.2. The molecule has 1 aromatic carbocycles. The third kappa shape index (κ3) is 5.36. The van der Waals surface area contributed by atoms with E-state index in [1.54, 1.807) is 16.7 Å². The molecule has 2 aliphatic rings. The molecule has 0 bridgehead atoms. The molecule has 160 valence electrons. The van der Waals surface area contributed by atoms with Crippen LogP contribution in [0, 0.1) is 0 Å². The second-order valence-electron chi connectivity index (χ2n) is 9.46. The molecule has 2 amide bonds. The fourth-order valence-electron chi connectivity index (χ4n) is 4.36. The Labute approximate surface area is 180 Å². The van der Waals surface area contributed by atoms with Gasteiger partial charge in [0.1, 0.15) is 6.04 Å². The van der Waals surface area contributed by atoms with Crippen molar-refractivity contribution in [2.45, 2.75) is 101 Å². The molecule has 0 unspecified atom stereocenters. The Morgan fingerprint density at radius 3 is 2.45 bits per heavy atom. The molecule has 1 fully saturated rings. The van der Waals surface area contributed by atoms with Gasteiger partial charge < -0.3 is 5.32 Å². The number of carbonyl (C=O) groups is 2. The van der Waals surface area contributed by atoms with Crippen LogP contribution in [-0.2, 0) is 15.0 Å². The molecule has 1 atom stereocenters. The number of anilines is 1. The molecule has 0 radical (unpaired) electrons. The van der Waals surface area contributed by atoms with Gasteiger partial charge >= 0.3 is 0 Å². The van der Waals surface area contributed by atoms with E-state index in [0.717, 1.165) is 23.4 Å². The second-order valence-corrected chi connectivity index (χ2v) is 10.5. The number of benzene rings is 1. The first-order chi connectivity index (χ1) is 13.8. The standard InChI is InChI=1S/C24H36N2O2S/c1-5-19(23(28)25-18-11-9-7-6-8-10-12-18)26-20-15-17(24(2,3)4)13-14-21(20)29-16-22(26)27/h13-15,18-19H,5-12,16H2,1-4H3,(H,25,28)/t19-/m1/s1. The van der Waals surface area contributed by atoms with Gasteiger partial charge in [-0.3, -0.25) is 14.5 Å². The van der Waals surface area contributed by atoms with E-state index in [1.807, 2.05) is 6.92 Å². The molecule has 1 aliphatic carbocycles. The van der Waals surface area contributed by atoms with Crippen LogP contribution >= 0.6 is 11.8 Å². The number of carbonyl (C=O) groups excluding carboxylic acids is 2. The largest absolute Gasteiger partial charge is 0.352 e. The Bertz CT molecular complexity index is 733. The maximum atomic E-state index is 13.3. The zero-order valence-corrected chi connectivity index (χ0v) is 19.2. The summed E-state index contributed by atoms with van der Waals surface area (Å²) < 4.78 is 0. The topological polar surface area (TPSA) is 49.4 Å². The quantitative estimate of drug-likeness (QED) is 0.712. The van der Waals surface area contributed by atoms with Gasteiger partial charge in [0, 0.05) is 10.9 Å². The Kier molecular flexibility index (Phi) is 7.31. The lowest BCUT2D eigenvalue weighted by Crippen LogP contribution is -2.53. The van der Waals surface area contributed by atoms with Crippen molar-refractivity contribution in [1.29, 1.82) is 0 Å². The number of rotatable bonds is 4. The van der Waals surface area contributed by atoms with Crippen LogP contribution in [0.4, 0.5) is 5.69 Å². The average molecular weight is 417 g/mol. The fraction of sp³-hybridized carbons (Fsp3) is 0.667. The molecule has 3 rings (SSSR count). The lowest BCUT2D eigenvalue weighted by molar-refractivity contribution is -0.126. The first-order valence-electron chi connectivity index (χ1n) is 11.2. The van der Waals surface area contributed by atoms with Crippen LogP contribution in [0.25, 0.3) is 0 Å². The Balaban J connectivity index is 1.84. The van der Waals surface area contributed by atoms with Gasteiger partial charge in [-0.25, -0.2) is 0 Å². The second kappa shape index (κ2) is 9.55. The summed E-state index contributed by atoms with van der Waals surface area (Å²) in [5.74, 6) is 0.438. The van der Waals surface area contributed by atoms with Gasteiger partial charge in [0.15, 0.2) is 0 Å². The SMILES string of the molecule is CC[C@H](C(=O)NC1CCCCCCC1)N1C(=O)CSc2ccc(C(C)(C)C)cc21. The summed E-state index contributed by atoms with van der Waals surface area (Å²) in [4.78, 5) is 29.1. The summed E-state index contributed by atoms with van der Waals surface area (Å²) >= 11 is 1.58. The number of thioether (sulfide) groups is 1. The number of fused-ring (bicyclic) bond motifs is 1. The number of nitrogens with zero attached hydrogens (tertiary/aromatic N) is 1. The van der Waals surface area contributed by atoms with E-state index in [0.29, 0.717) is 12.2 Å². The lowest BCUT2D eigenvalue weighted by Gasteiger charge is -2.36. The van der Waals surface area contributed by atoms with Crippen LogP contribution in [-0.4, -0.2) is 29.7 Å². The number of nitrogens with one attached hydrogen (secondary N) is 1. The van der Waals surface area contributed by atoms with Gasteiger partial charge in [0.25, 0.3) is 0 Å². The summed E-state index contributed by atoms with van der Waals surface area (Å²) in [7, 11) is 0. The third-order valence-corrected chi connectivity index (χ3v) is 7.20. The van der Waals surface area contributed by atoms with Crippen molar-refractivity contribution >= 4 is 29.3 Å².